The van der Waals surface area contributed by atoms with E-state index in [1.54, 1.807) is 12.1 Å². The van der Waals surface area contributed by atoms with Crippen LogP contribution in [0.4, 0.5) is 0 Å². The molecule has 1 atom stereocenters. The van der Waals surface area contributed by atoms with Gasteiger partial charge in [-0.25, -0.2) is 4.98 Å². The monoisotopic (exact) mass is 398 g/mol. The Kier molecular flexibility index (Phi) is 5.78. The second-order valence-corrected chi connectivity index (χ2v) is 7.39. The van der Waals surface area contributed by atoms with E-state index in [2.05, 4.69) is 15.6 Å². The van der Waals surface area contributed by atoms with E-state index < -0.39 is 0 Å². The van der Waals surface area contributed by atoms with Gasteiger partial charge >= 0.3 is 0 Å². The Bertz CT molecular complexity index is 949. The molecule has 6 nitrogen and oxygen atoms in total. The second kappa shape index (κ2) is 8.63. The van der Waals surface area contributed by atoms with E-state index in [0.29, 0.717) is 16.6 Å². The Morgan fingerprint density at radius 1 is 1.25 bits per heavy atom. The summed E-state index contributed by atoms with van der Waals surface area (Å²) in [4.78, 5) is 17.3. The minimum Gasteiger partial charge on any atom is -0.486 e. The van der Waals surface area contributed by atoms with Gasteiger partial charge in [0, 0.05) is 17.6 Å². The number of aromatic nitrogens is 2. The van der Waals surface area contributed by atoms with Crippen LogP contribution < -0.4 is 15.4 Å². The fraction of sp³-hybridized carbons (Fsp3) is 0.333. The van der Waals surface area contributed by atoms with Gasteiger partial charge in [-0.1, -0.05) is 23.7 Å². The smallest absolute Gasteiger partial charge is 0.240 e. The highest BCUT2D eigenvalue weighted by atomic mass is 35.5. The highest BCUT2D eigenvalue weighted by molar-refractivity contribution is 6.30. The summed E-state index contributed by atoms with van der Waals surface area (Å²) in [5, 5.41) is 7.10. The van der Waals surface area contributed by atoms with Crippen LogP contribution in [0, 0.1) is 0 Å². The highest BCUT2D eigenvalue weighted by Crippen LogP contribution is 2.20. The lowest BCUT2D eigenvalue weighted by Gasteiger charge is -2.24. The molecular formula is C21H23ClN4O2. The highest BCUT2D eigenvalue weighted by Gasteiger charge is 2.18. The molecule has 1 amide bonds. The summed E-state index contributed by atoms with van der Waals surface area (Å²) >= 11 is 5.92. The molecule has 1 aliphatic heterocycles. The fourth-order valence-electron chi connectivity index (χ4n) is 3.48. The first kappa shape index (κ1) is 18.8. The molecule has 146 valence electrons. The number of nitrogens with zero attached hydrogens (tertiary/aromatic N) is 2. The third kappa shape index (κ3) is 4.46. The van der Waals surface area contributed by atoms with Crippen molar-refractivity contribution in [2.45, 2.75) is 32.0 Å². The van der Waals surface area contributed by atoms with Crippen molar-refractivity contribution >= 4 is 28.5 Å². The van der Waals surface area contributed by atoms with Gasteiger partial charge in [-0.3, -0.25) is 4.79 Å². The number of rotatable bonds is 6. The topological polar surface area (TPSA) is 68.2 Å². The number of halogens is 1. The van der Waals surface area contributed by atoms with Crippen LogP contribution in [0.15, 0.2) is 48.5 Å². The molecule has 0 aliphatic carbocycles. The SMILES string of the molecule is O=C(Cn1c(COc2ccc(Cl)cc2)nc2ccccc21)NC1CCCNC1. The Morgan fingerprint density at radius 2 is 2.07 bits per heavy atom. The van der Waals surface area contributed by atoms with Gasteiger partial charge in [0.25, 0.3) is 0 Å². The number of hydrogen-bond donors (Lipinski definition) is 2. The standard InChI is InChI=1S/C21H23ClN4O2/c22-15-7-9-17(10-8-15)28-14-20-25-18-5-1-2-6-19(18)26(20)13-21(27)24-16-4-3-11-23-12-16/h1-2,5-10,16,23H,3-4,11-14H2,(H,24,27). The van der Waals surface area contributed by atoms with Crippen molar-refractivity contribution in [3.63, 3.8) is 0 Å². The molecule has 4 rings (SSSR count). The maximum Gasteiger partial charge on any atom is 0.240 e. The molecule has 0 spiro atoms. The number of ether oxygens (including phenoxy) is 1. The minimum absolute atomic E-state index is 0.00963. The lowest BCUT2D eigenvalue weighted by molar-refractivity contribution is -0.122. The van der Waals surface area contributed by atoms with E-state index in [4.69, 9.17) is 16.3 Å². The van der Waals surface area contributed by atoms with E-state index in [1.165, 1.54) is 0 Å². The number of para-hydroxylation sites is 2. The Hall–Kier alpha value is -2.57. The van der Waals surface area contributed by atoms with Gasteiger partial charge in [0.2, 0.25) is 5.91 Å². The Balaban J connectivity index is 1.51. The predicted octanol–water partition coefficient (Wildman–Crippen LogP) is 3.14. The van der Waals surface area contributed by atoms with Crippen molar-refractivity contribution in [1.29, 1.82) is 0 Å². The first-order chi connectivity index (χ1) is 13.7. The number of carbonyl (C=O) groups is 1. The number of amides is 1. The zero-order valence-electron chi connectivity index (χ0n) is 15.5. The molecule has 1 aliphatic rings. The quantitative estimate of drug-likeness (QED) is 0.669. The molecule has 1 saturated heterocycles. The number of benzene rings is 2. The van der Waals surface area contributed by atoms with Gasteiger partial charge in [-0.05, 0) is 55.8 Å². The molecule has 1 aromatic heterocycles. The van der Waals surface area contributed by atoms with Gasteiger partial charge in [0.05, 0.1) is 11.0 Å². The molecule has 7 heteroatoms. The van der Waals surface area contributed by atoms with Crippen LogP contribution in [-0.4, -0.2) is 34.6 Å². The second-order valence-electron chi connectivity index (χ2n) is 6.96. The third-order valence-electron chi connectivity index (χ3n) is 4.88. The van der Waals surface area contributed by atoms with Crippen molar-refractivity contribution < 1.29 is 9.53 Å². The molecule has 1 fully saturated rings. The van der Waals surface area contributed by atoms with Gasteiger partial charge < -0.3 is 19.9 Å². The lowest BCUT2D eigenvalue weighted by Crippen LogP contribution is -2.46. The fourth-order valence-corrected chi connectivity index (χ4v) is 3.61. The van der Waals surface area contributed by atoms with Crippen LogP contribution >= 0.6 is 11.6 Å². The summed E-state index contributed by atoms with van der Waals surface area (Å²) in [6, 6.07) is 15.2. The largest absolute Gasteiger partial charge is 0.486 e. The third-order valence-corrected chi connectivity index (χ3v) is 5.13. The number of carbonyl (C=O) groups excluding carboxylic acids is 1. The molecule has 0 radical (unpaired) electrons. The zero-order chi connectivity index (χ0) is 19.3. The van der Waals surface area contributed by atoms with Crippen LogP contribution in [-0.2, 0) is 17.9 Å². The summed E-state index contributed by atoms with van der Waals surface area (Å²) in [5.74, 6) is 1.42. The molecule has 0 saturated carbocycles. The summed E-state index contributed by atoms with van der Waals surface area (Å²) in [6.45, 7) is 2.33. The van der Waals surface area contributed by atoms with Crippen molar-refractivity contribution in [3.8, 4) is 5.75 Å². The Morgan fingerprint density at radius 3 is 2.86 bits per heavy atom. The Labute approximate surface area is 168 Å². The van der Waals surface area contributed by atoms with Crippen LogP contribution in [0.2, 0.25) is 5.02 Å². The van der Waals surface area contributed by atoms with Crippen molar-refractivity contribution in [2.24, 2.45) is 0 Å². The number of nitrogens with one attached hydrogen (secondary N) is 2. The molecule has 28 heavy (non-hydrogen) atoms. The minimum atomic E-state index is -0.00963. The van der Waals surface area contributed by atoms with Gasteiger partial charge in [-0.2, -0.15) is 0 Å². The maximum atomic E-state index is 12.6. The van der Waals surface area contributed by atoms with E-state index in [9.17, 15) is 4.79 Å². The van der Waals surface area contributed by atoms with Crippen LogP contribution in [0.3, 0.4) is 0 Å². The van der Waals surface area contributed by atoms with Crippen LogP contribution in [0.25, 0.3) is 11.0 Å². The number of piperidine rings is 1. The molecule has 1 unspecified atom stereocenters. The van der Waals surface area contributed by atoms with Crippen molar-refractivity contribution in [2.75, 3.05) is 13.1 Å². The summed E-state index contributed by atoms with van der Waals surface area (Å²) in [7, 11) is 0. The number of imidazole rings is 1. The molecule has 2 N–H and O–H groups in total. The van der Waals surface area contributed by atoms with E-state index in [1.807, 2.05) is 41.0 Å². The molecule has 2 heterocycles. The first-order valence-corrected chi connectivity index (χ1v) is 9.89. The number of hydrogen-bond acceptors (Lipinski definition) is 4. The van der Waals surface area contributed by atoms with Crippen molar-refractivity contribution in [3.05, 3.63) is 59.4 Å². The van der Waals surface area contributed by atoms with Gasteiger partial charge in [-0.15, -0.1) is 0 Å². The molecular weight excluding hydrogens is 376 g/mol. The molecule has 3 aromatic rings. The van der Waals surface area contributed by atoms with E-state index in [-0.39, 0.29) is 25.1 Å². The summed E-state index contributed by atoms with van der Waals surface area (Å²) in [5.41, 5.74) is 1.78. The van der Waals surface area contributed by atoms with Gasteiger partial charge in [0.15, 0.2) is 0 Å². The maximum absolute atomic E-state index is 12.6. The average molecular weight is 399 g/mol. The van der Waals surface area contributed by atoms with Crippen LogP contribution in [0.1, 0.15) is 18.7 Å². The molecule has 0 bridgehead atoms. The lowest BCUT2D eigenvalue weighted by atomic mass is 10.1. The average Bonchev–Trinajstić information content (AvgIpc) is 3.06. The van der Waals surface area contributed by atoms with E-state index in [0.717, 1.165) is 37.0 Å². The summed E-state index contributed by atoms with van der Waals surface area (Å²) in [6.07, 6.45) is 2.09. The molecule has 2 aromatic carbocycles. The normalized spacial score (nSPS) is 16.8. The predicted molar refractivity (Wildman–Crippen MR) is 110 cm³/mol. The van der Waals surface area contributed by atoms with Crippen molar-refractivity contribution in [1.82, 2.24) is 20.2 Å². The first-order valence-electron chi connectivity index (χ1n) is 9.51. The summed E-state index contributed by atoms with van der Waals surface area (Å²) < 4.78 is 7.79. The van der Waals surface area contributed by atoms with Crippen LogP contribution in [0.5, 0.6) is 5.75 Å². The van der Waals surface area contributed by atoms with E-state index >= 15 is 0 Å². The number of fused-ring (bicyclic) bond motifs is 1. The van der Waals surface area contributed by atoms with Gasteiger partial charge in [0.1, 0.15) is 24.7 Å². The zero-order valence-corrected chi connectivity index (χ0v) is 16.3.